The molecule has 3 aliphatic carbocycles. The molecule has 92 valence electrons. The molecule has 2 bridgehead atoms. The molecule has 3 rings (SSSR count). The minimum atomic E-state index is -0.417. The zero-order valence-corrected chi connectivity index (χ0v) is 10.7. The molecule has 2 N–H and O–H groups in total. The summed E-state index contributed by atoms with van der Waals surface area (Å²) in [7, 11) is 1.80. The third-order valence-electron chi connectivity index (χ3n) is 3.46. The SMILES string of the molecule is CN(CC12CC(N)(C1)C2)C(=O)OC(C)(C)C. The third-order valence-corrected chi connectivity index (χ3v) is 3.46. The predicted molar refractivity (Wildman–Crippen MR) is 62.1 cm³/mol. The molecule has 0 radical (unpaired) electrons. The van der Waals surface area contributed by atoms with Gasteiger partial charge >= 0.3 is 6.09 Å². The molecule has 0 atom stereocenters. The maximum absolute atomic E-state index is 11.7. The number of carbonyl (C=O) groups is 1. The molecule has 0 spiro atoms. The highest BCUT2D eigenvalue weighted by Crippen LogP contribution is 2.65. The van der Waals surface area contributed by atoms with E-state index in [1.54, 1.807) is 11.9 Å². The van der Waals surface area contributed by atoms with Crippen LogP contribution < -0.4 is 5.73 Å². The average molecular weight is 226 g/mol. The van der Waals surface area contributed by atoms with E-state index < -0.39 is 5.60 Å². The molecule has 0 heterocycles. The second kappa shape index (κ2) is 3.13. The van der Waals surface area contributed by atoms with Crippen LogP contribution in [-0.2, 0) is 4.74 Å². The lowest BCUT2D eigenvalue weighted by Crippen LogP contribution is -2.74. The van der Waals surface area contributed by atoms with Gasteiger partial charge in [0.15, 0.2) is 0 Å². The van der Waals surface area contributed by atoms with Crippen molar-refractivity contribution < 1.29 is 9.53 Å². The van der Waals surface area contributed by atoms with Crippen molar-refractivity contribution in [2.24, 2.45) is 11.1 Å². The van der Waals surface area contributed by atoms with Gasteiger partial charge < -0.3 is 15.4 Å². The first kappa shape index (κ1) is 11.7. The molecular formula is C12H22N2O2. The lowest BCUT2D eigenvalue weighted by molar-refractivity contribution is -0.142. The van der Waals surface area contributed by atoms with E-state index in [0.29, 0.717) is 5.41 Å². The summed E-state index contributed by atoms with van der Waals surface area (Å²) in [6, 6.07) is 0. The molecule has 3 aliphatic rings. The predicted octanol–water partition coefficient (Wildman–Crippen LogP) is 1.73. The summed E-state index contributed by atoms with van der Waals surface area (Å²) in [5.74, 6) is 0. The molecule has 16 heavy (non-hydrogen) atoms. The zero-order chi connectivity index (χ0) is 12.2. The fraction of sp³-hybridized carbons (Fsp3) is 0.917. The van der Waals surface area contributed by atoms with Crippen LogP contribution >= 0.6 is 0 Å². The van der Waals surface area contributed by atoms with Gasteiger partial charge in [0.25, 0.3) is 0 Å². The Morgan fingerprint density at radius 1 is 1.38 bits per heavy atom. The van der Waals surface area contributed by atoms with E-state index in [1.165, 1.54) is 0 Å². The molecule has 3 saturated carbocycles. The van der Waals surface area contributed by atoms with E-state index in [0.717, 1.165) is 25.8 Å². The summed E-state index contributed by atoms with van der Waals surface area (Å²) in [4.78, 5) is 13.4. The first-order chi connectivity index (χ1) is 7.13. The van der Waals surface area contributed by atoms with Gasteiger partial charge in [0, 0.05) is 19.1 Å². The highest BCUT2D eigenvalue weighted by Gasteiger charge is 2.66. The first-order valence-electron chi connectivity index (χ1n) is 5.86. The molecule has 0 saturated heterocycles. The van der Waals surface area contributed by atoms with Gasteiger partial charge in [0.1, 0.15) is 5.60 Å². The van der Waals surface area contributed by atoms with Gasteiger partial charge in [-0.2, -0.15) is 0 Å². The highest BCUT2D eigenvalue weighted by molar-refractivity contribution is 5.67. The zero-order valence-electron chi connectivity index (χ0n) is 10.7. The maximum atomic E-state index is 11.7. The van der Waals surface area contributed by atoms with Gasteiger partial charge in [-0.15, -0.1) is 0 Å². The van der Waals surface area contributed by atoms with Crippen LogP contribution in [0.2, 0.25) is 0 Å². The van der Waals surface area contributed by atoms with E-state index >= 15 is 0 Å². The van der Waals surface area contributed by atoms with Crippen molar-refractivity contribution in [3.8, 4) is 0 Å². The molecule has 3 fully saturated rings. The average Bonchev–Trinajstić information content (AvgIpc) is 1.95. The molecule has 0 aromatic carbocycles. The molecule has 0 aliphatic heterocycles. The minimum Gasteiger partial charge on any atom is -0.444 e. The van der Waals surface area contributed by atoms with Crippen LogP contribution in [0.1, 0.15) is 40.0 Å². The van der Waals surface area contributed by atoms with E-state index in [1.807, 2.05) is 20.8 Å². The Morgan fingerprint density at radius 2 is 1.88 bits per heavy atom. The Kier molecular flexibility index (Phi) is 2.29. The lowest BCUT2D eigenvalue weighted by Gasteiger charge is -2.69. The van der Waals surface area contributed by atoms with E-state index in [-0.39, 0.29) is 11.6 Å². The van der Waals surface area contributed by atoms with Crippen LogP contribution in [-0.4, -0.2) is 35.7 Å². The van der Waals surface area contributed by atoms with Gasteiger partial charge in [-0.3, -0.25) is 0 Å². The van der Waals surface area contributed by atoms with Gasteiger partial charge in [-0.1, -0.05) is 0 Å². The van der Waals surface area contributed by atoms with Crippen molar-refractivity contribution in [1.29, 1.82) is 0 Å². The smallest absolute Gasteiger partial charge is 0.410 e. The van der Waals surface area contributed by atoms with Crippen LogP contribution in [0.15, 0.2) is 0 Å². The van der Waals surface area contributed by atoms with E-state index in [9.17, 15) is 4.79 Å². The number of rotatable bonds is 2. The summed E-state index contributed by atoms with van der Waals surface area (Å²) < 4.78 is 5.31. The topological polar surface area (TPSA) is 55.6 Å². The first-order valence-corrected chi connectivity index (χ1v) is 5.86. The van der Waals surface area contributed by atoms with Crippen molar-refractivity contribution in [2.75, 3.05) is 13.6 Å². The maximum Gasteiger partial charge on any atom is 0.410 e. The summed E-state index contributed by atoms with van der Waals surface area (Å²) >= 11 is 0. The number of amides is 1. The number of nitrogens with two attached hydrogens (primary N) is 1. The Bertz CT molecular complexity index is 300. The number of hydrogen-bond acceptors (Lipinski definition) is 3. The Morgan fingerprint density at radius 3 is 2.25 bits per heavy atom. The van der Waals surface area contributed by atoms with Gasteiger partial charge in [-0.05, 0) is 45.4 Å². The van der Waals surface area contributed by atoms with E-state index in [4.69, 9.17) is 10.5 Å². The van der Waals surface area contributed by atoms with Crippen molar-refractivity contribution >= 4 is 6.09 Å². The molecule has 4 nitrogen and oxygen atoms in total. The molecule has 0 unspecified atom stereocenters. The third kappa shape index (κ3) is 2.03. The van der Waals surface area contributed by atoms with Crippen LogP contribution in [0.3, 0.4) is 0 Å². The summed E-state index contributed by atoms with van der Waals surface area (Å²) in [6.45, 7) is 6.43. The van der Waals surface area contributed by atoms with Crippen molar-refractivity contribution in [2.45, 2.75) is 51.2 Å². The second-order valence-electron chi connectivity index (χ2n) is 6.73. The molecule has 0 aromatic rings. The van der Waals surface area contributed by atoms with Gasteiger partial charge in [0.2, 0.25) is 0 Å². The lowest BCUT2D eigenvalue weighted by atomic mass is 9.40. The fourth-order valence-corrected chi connectivity index (χ4v) is 3.16. The van der Waals surface area contributed by atoms with Crippen molar-refractivity contribution in [3.63, 3.8) is 0 Å². The number of nitrogens with zero attached hydrogens (tertiary/aromatic N) is 1. The van der Waals surface area contributed by atoms with Crippen molar-refractivity contribution in [3.05, 3.63) is 0 Å². The van der Waals surface area contributed by atoms with Crippen LogP contribution in [0.4, 0.5) is 4.79 Å². The fourth-order valence-electron chi connectivity index (χ4n) is 3.16. The molecule has 1 amide bonds. The Labute approximate surface area is 97.1 Å². The Hall–Kier alpha value is -0.770. The normalized spacial score (nSPS) is 36.1. The van der Waals surface area contributed by atoms with E-state index in [2.05, 4.69) is 0 Å². The van der Waals surface area contributed by atoms with Gasteiger partial charge in [0.05, 0.1) is 0 Å². The Balaban J connectivity index is 1.80. The molecule has 4 heteroatoms. The molecular weight excluding hydrogens is 204 g/mol. The number of carbonyl (C=O) groups excluding carboxylic acids is 1. The second-order valence-corrected chi connectivity index (χ2v) is 6.73. The standard InChI is InChI=1S/C12H22N2O2/c1-10(2,3)16-9(15)14(4)8-11-5-12(13,6-11)7-11/h5-8,13H2,1-4H3. The van der Waals surface area contributed by atoms with Gasteiger partial charge in [-0.25, -0.2) is 4.79 Å². The quantitative estimate of drug-likeness (QED) is 0.780. The highest BCUT2D eigenvalue weighted by atomic mass is 16.6. The number of ether oxygens (including phenoxy) is 1. The van der Waals surface area contributed by atoms with Crippen LogP contribution in [0.5, 0.6) is 0 Å². The van der Waals surface area contributed by atoms with Crippen molar-refractivity contribution in [1.82, 2.24) is 4.90 Å². The van der Waals surface area contributed by atoms with Crippen LogP contribution in [0.25, 0.3) is 0 Å². The monoisotopic (exact) mass is 226 g/mol. The largest absolute Gasteiger partial charge is 0.444 e. The summed E-state index contributed by atoms with van der Waals surface area (Å²) in [5.41, 5.74) is 5.99. The summed E-state index contributed by atoms with van der Waals surface area (Å²) in [5, 5.41) is 0. The van der Waals surface area contributed by atoms with Crippen LogP contribution in [0, 0.1) is 5.41 Å². The summed E-state index contributed by atoms with van der Waals surface area (Å²) in [6.07, 6.45) is 2.95. The minimum absolute atomic E-state index is 0.106. The molecule has 0 aromatic heterocycles. The number of hydrogen-bond donors (Lipinski definition) is 1.